The van der Waals surface area contributed by atoms with E-state index >= 15 is 0 Å². The number of allylic oxidation sites excluding steroid dienone is 18. The molecule has 0 aromatic heterocycles. The van der Waals surface area contributed by atoms with E-state index in [9.17, 15) is 25.2 Å². The molecule has 0 saturated carbocycles. The van der Waals surface area contributed by atoms with Gasteiger partial charge in [0.05, 0.1) is 19.8 Å². The zero-order valence-electron chi connectivity index (χ0n) is 35.7. The van der Waals surface area contributed by atoms with Gasteiger partial charge in [0.1, 0.15) is 30.5 Å². The van der Waals surface area contributed by atoms with Crippen LogP contribution in [0, 0.1) is 0 Å². The van der Waals surface area contributed by atoms with Gasteiger partial charge in [-0.3, -0.25) is 4.79 Å². The Balaban J connectivity index is 2.35. The van der Waals surface area contributed by atoms with Crippen LogP contribution in [0.3, 0.4) is 0 Å². The zero-order valence-corrected chi connectivity index (χ0v) is 35.7. The summed E-state index contributed by atoms with van der Waals surface area (Å²) in [4.78, 5) is 12.8. The highest BCUT2D eigenvalue weighted by molar-refractivity contribution is 5.69. The third-order valence-corrected chi connectivity index (χ3v) is 9.18. The Bertz CT molecular complexity index is 1240. The Morgan fingerprint density at radius 2 is 1.00 bits per heavy atom. The van der Waals surface area contributed by atoms with E-state index in [0.717, 1.165) is 103 Å². The molecule has 0 aromatic carbocycles. The second-order valence-corrected chi connectivity index (χ2v) is 14.4. The van der Waals surface area contributed by atoms with E-state index in [4.69, 9.17) is 18.9 Å². The maximum atomic E-state index is 12.8. The van der Waals surface area contributed by atoms with E-state index < -0.39 is 43.4 Å². The highest BCUT2D eigenvalue weighted by Crippen LogP contribution is 2.22. The van der Waals surface area contributed by atoms with Crippen LogP contribution >= 0.6 is 0 Å². The molecule has 1 rings (SSSR count). The average molecular weight is 811 g/mol. The third-order valence-electron chi connectivity index (χ3n) is 9.18. The minimum Gasteiger partial charge on any atom is -0.457 e. The van der Waals surface area contributed by atoms with Crippen LogP contribution in [0.5, 0.6) is 0 Å². The summed E-state index contributed by atoms with van der Waals surface area (Å²) in [6, 6.07) is 0. The van der Waals surface area contributed by atoms with Gasteiger partial charge >= 0.3 is 5.97 Å². The van der Waals surface area contributed by atoms with Crippen molar-refractivity contribution in [2.24, 2.45) is 0 Å². The lowest BCUT2D eigenvalue weighted by Crippen LogP contribution is -2.59. The van der Waals surface area contributed by atoms with E-state index in [1.807, 2.05) is 0 Å². The van der Waals surface area contributed by atoms with E-state index in [0.29, 0.717) is 13.0 Å². The number of esters is 1. The van der Waals surface area contributed by atoms with E-state index in [2.05, 4.69) is 123 Å². The molecule has 0 bridgehead atoms. The molecule has 1 fully saturated rings. The predicted molar refractivity (Wildman–Crippen MR) is 237 cm³/mol. The van der Waals surface area contributed by atoms with Crippen molar-refractivity contribution in [3.05, 3.63) is 109 Å². The molecule has 6 unspecified atom stereocenters. The summed E-state index contributed by atoms with van der Waals surface area (Å²) in [6.07, 6.45) is 48.3. The van der Waals surface area contributed by atoms with Crippen molar-refractivity contribution in [1.82, 2.24) is 0 Å². The van der Waals surface area contributed by atoms with Gasteiger partial charge in [-0.25, -0.2) is 0 Å². The second-order valence-electron chi connectivity index (χ2n) is 14.4. The van der Waals surface area contributed by atoms with Crippen molar-refractivity contribution >= 4 is 5.97 Å². The van der Waals surface area contributed by atoms with Crippen LogP contribution < -0.4 is 0 Å². The molecular formula is C49H78O9. The normalized spacial score (nSPS) is 21.4. The molecule has 1 aliphatic rings. The Morgan fingerprint density at radius 3 is 1.48 bits per heavy atom. The van der Waals surface area contributed by atoms with Gasteiger partial charge < -0.3 is 39.4 Å². The minimum absolute atomic E-state index is 0.0969. The molecule has 1 saturated heterocycles. The number of aliphatic hydroxyl groups is 4. The molecule has 0 radical (unpaired) electrons. The van der Waals surface area contributed by atoms with E-state index in [-0.39, 0.29) is 25.6 Å². The first-order chi connectivity index (χ1) is 28.4. The Kier molecular flexibility index (Phi) is 35.8. The molecule has 0 aromatic rings. The highest BCUT2D eigenvalue weighted by atomic mass is 16.7. The Morgan fingerprint density at radius 1 is 0.552 bits per heavy atom. The Hall–Kier alpha value is -3.15. The van der Waals surface area contributed by atoms with Crippen molar-refractivity contribution in [2.45, 2.75) is 166 Å². The van der Waals surface area contributed by atoms with Gasteiger partial charge in [0, 0.05) is 13.0 Å². The summed E-state index contributed by atoms with van der Waals surface area (Å²) < 4.78 is 22.7. The molecule has 9 nitrogen and oxygen atoms in total. The van der Waals surface area contributed by atoms with Gasteiger partial charge in [0.15, 0.2) is 6.29 Å². The quantitative estimate of drug-likeness (QED) is 0.0280. The summed E-state index contributed by atoms with van der Waals surface area (Å²) in [5, 5.41) is 40.1. The molecule has 4 N–H and O–H groups in total. The second kappa shape index (κ2) is 39.3. The monoisotopic (exact) mass is 811 g/mol. The number of unbranched alkanes of at least 4 members (excludes halogenated alkanes) is 6. The summed E-state index contributed by atoms with van der Waals surface area (Å²) in [5.74, 6) is -0.358. The number of hydrogen-bond acceptors (Lipinski definition) is 9. The van der Waals surface area contributed by atoms with Crippen LogP contribution in [0.1, 0.15) is 129 Å². The van der Waals surface area contributed by atoms with Gasteiger partial charge in [0.25, 0.3) is 0 Å². The SMILES string of the molecule is CC/C=C\C/C=C\C/C=C\C/C=C\C/C=C\CCCCOCC(COC1OC(CO)C(O)C(O)C1O)OC(=O)CCCCCC/C=C\C/C=C\C/C=C\C/C=C\CC. The van der Waals surface area contributed by atoms with Gasteiger partial charge in [-0.05, 0) is 96.3 Å². The first-order valence-electron chi connectivity index (χ1n) is 22.0. The summed E-state index contributed by atoms with van der Waals surface area (Å²) in [7, 11) is 0. The lowest BCUT2D eigenvalue weighted by molar-refractivity contribution is -0.305. The lowest BCUT2D eigenvalue weighted by atomic mass is 9.99. The van der Waals surface area contributed by atoms with Crippen molar-refractivity contribution in [3.8, 4) is 0 Å². The molecule has 58 heavy (non-hydrogen) atoms. The smallest absolute Gasteiger partial charge is 0.306 e. The number of hydrogen-bond donors (Lipinski definition) is 4. The Labute approximate surface area is 351 Å². The number of rotatable bonds is 35. The maximum absolute atomic E-state index is 12.8. The fraction of sp³-hybridized carbons (Fsp3) is 0.612. The number of carbonyl (C=O) groups excluding carboxylic acids is 1. The summed E-state index contributed by atoms with van der Waals surface area (Å²) >= 11 is 0. The molecule has 0 amide bonds. The van der Waals surface area contributed by atoms with E-state index in [1.54, 1.807) is 0 Å². The number of aliphatic hydroxyl groups excluding tert-OH is 4. The van der Waals surface area contributed by atoms with Crippen molar-refractivity contribution in [3.63, 3.8) is 0 Å². The topological polar surface area (TPSA) is 135 Å². The number of ether oxygens (including phenoxy) is 4. The van der Waals surface area contributed by atoms with Crippen LogP contribution in [0.2, 0.25) is 0 Å². The summed E-state index contributed by atoms with van der Waals surface area (Å²) in [6.45, 7) is 4.15. The van der Waals surface area contributed by atoms with Crippen LogP contribution in [0.25, 0.3) is 0 Å². The minimum atomic E-state index is -1.56. The van der Waals surface area contributed by atoms with Gasteiger partial charge in [-0.15, -0.1) is 0 Å². The first kappa shape index (κ1) is 52.9. The average Bonchev–Trinajstić information content (AvgIpc) is 3.22. The van der Waals surface area contributed by atoms with Crippen molar-refractivity contribution in [2.75, 3.05) is 26.4 Å². The third kappa shape index (κ3) is 30.0. The first-order valence-corrected chi connectivity index (χ1v) is 22.0. The van der Waals surface area contributed by atoms with Gasteiger partial charge in [-0.2, -0.15) is 0 Å². The van der Waals surface area contributed by atoms with Crippen LogP contribution in [0.4, 0.5) is 0 Å². The fourth-order valence-electron chi connectivity index (χ4n) is 5.80. The molecule has 0 spiro atoms. The highest BCUT2D eigenvalue weighted by Gasteiger charge is 2.44. The lowest BCUT2D eigenvalue weighted by Gasteiger charge is -2.39. The van der Waals surface area contributed by atoms with Gasteiger partial charge in [0.2, 0.25) is 0 Å². The molecule has 9 heteroatoms. The summed E-state index contributed by atoms with van der Waals surface area (Å²) in [5.41, 5.74) is 0. The molecular weight excluding hydrogens is 733 g/mol. The van der Waals surface area contributed by atoms with Crippen LogP contribution in [0.15, 0.2) is 109 Å². The maximum Gasteiger partial charge on any atom is 0.306 e. The van der Waals surface area contributed by atoms with Crippen LogP contribution in [-0.4, -0.2) is 89.6 Å². The van der Waals surface area contributed by atoms with Crippen molar-refractivity contribution < 1.29 is 44.2 Å². The molecule has 6 atom stereocenters. The van der Waals surface area contributed by atoms with E-state index in [1.165, 1.54) is 0 Å². The van der Waals surface area contributed by atoms with Crippen molar-refractivity contribution in [1.29, 1.82) is 0 Å². The predicted octanol–water partition coefficient (Wildman–Crippen LogP) is 9.80. The largest absolute Gasteiger partial charge is 0.457 e. The molecule has 0 aliphatic carbocycles. The molecule has 1 aliphatic heterocycles. The van der Waals surface area contributed by atoms with Gasteiger partial charge in [-0.1, -0.05) is 136 Å². The molecule has 1 heterocycles. The fourth-order valence-corrected chi connectivity index (χ4v) is 5.80. The zero-order chi connectivity index (χ0) is 42.2. The number of carbonyl (C=O) groups is 1. The standard InChI is InChI=1S/C49H78O9/c1-3-5-7-9-11-13-15-17-19-21-23-25-27-29-31-33-35-37-39-55-41-43(42-56-49-48(54)47(53)46(52)44(40-50)58-49)57-45(51)38-36-34-32-30-28-26-24-22-20-18-16-14-12-10-8-6-4-2/h5-8,11-14,17-20,23-26,29,31,43-44,46-50,52-54H,3-4,9-10,15-16,21-22,27-28,30,32-42H2,1-2H3/b7-5-,8-6-,13-11-,14-12-,19-17-,20-18-,25-23-,26-24-,31-29-. The molecule has 328 valence electrons. The van der Waals surface area contributed by atoms with Crippen LogP contribution in [-0.2, 0) is 23.7 Å².